The lowest BCUT2D eigenvalue weighted by Crippen LogP contribution is -2.29. The Bertz CT molecular complexity index is 485. The first-order valence-corrected chi connectivity index (χ1v) is 9.99. The minimum Gasteiger partial charge on any atom is -0.464 e. The molecule has 0 aromatic heterocycles. The molecule has 0 aliphatic heterocycles. The molecule has 29 heavy (non-hydrogen) atoms. The molecule has 2 amide bonds. The maximum Gasteiger partial charge on any atom is 0.306 e. The predicted octanol–water partition coefficient (Wildman–Crippen LogP) is 0.329. The summed E-state index contributed by atoms with van der Waals surface area (Å²) >= 11 is 0. The van der Waals surface area contributed by atoms with Crippen LogP contribution >= 0.6 is 0 Å². The molecule has 2 N–H and O–H groups in total. The Hall–Kier alpha value is -2.20. The van der Waals surface area contributed by atoms with Crippen molar-refractivity contribution in [2.45, 2.75) is 46.0 Å². The van der Waals surface area contributed by atoms with Crippen molar-refractivity contribution in [2.24, 2.45) is 0 Å². The predicted molar refractivity (Wildman–Crippen MR) is 104 cm³/mol. The summed E-state index contributed by atoms with van der Waals surface area (Å²) in [6.07, 6.45) is 1.56. The van der Waals surface area contributed by atoms with Crippen molar-refractivity contribution in [2.75, 3.05) is 52.7 Å². The van der Waals surface area contributed by atoms with Gasteiger partial charge in [-0.3, -0.25) is 19.2 Å². The van der Waals surface area contributed by atoms with Crippen molar-refractivity contribution in [3.63, 3.8) is 0 Å². The Balaban J connectivity index is 3.42. The number of amides is 2. The molecule has 0 aromatic carbocycles. The SMILES string of the molecule is CCCC(=O)NCCOC(=O)CCC(=O)NCCOCCOCCOC(=O)CC. The highest BCUT2D eigenvalue weighted by Crippen LogP contribution is 1.93. The summed E-state index contributed by atoms with van der Waals surface area (Å²) in [5, 5.41) is 5.27. The molecule has 0 unspecified atom stereocenters. The van der Waals surface area contributed by atoms with E-state index in [1.165, 1.54) is 0 Å². The Kier molecular flexibility index (Phi) is 17.7. The van der Waals surface area contributed by atoms with Gasteiger partial charge in [0.15, 0.2) is 0 Å². The van der Waals surface area contributed by atoms with E-state index >= 15 is 0 Å². The monoisotopic (exact) mass is 418 g/mol. The van der Waals surface area contributed by atoms with Crippen LogP contribution in [0.5, 0.6) is 0 Å². The topological polar surface area (TPSA) is 129 Å². The minimum absolute atomic E-state index is 0.0218. The summed E-state index contributed by atoms with van der Waals surface area (Å²) in [6.45, 7) is 5.89. The van der Waals surface area contributed by atoms with Gasteiger partial charge in [0.05, 0.1) is 39.4 Å². The van der Waals surface area contributed by atoms with Gasteiger partial charge in [-0.05, 0) is 6.42 Å². The lowest BCUT2D eigenvalue weighted by molar-refractivity contribution is -0.145. The summed E-state index contributed by atoms with van der Waals surface area (Å²) < 4.78 is 20.3. The summed E-state index contributed by atoms with van der Waals surface area (Å²) in [5.41, 5.74) is 0. The molecular weight excluding hydrogens is 384 g/mol. The first kappa shape index (κ1) is 26.8. The summed E-state index contributed by atoms with van der Waals surface area (Å²) in [5.74, 6) is -1.09. The van der Waals surface area contributed by atoms with Crippen molar-refractivity contribution in [3.8, 4) is 0 Å². The van der Waals surface area contributed by atoms with Crippen LogP contribution in [0, 0.1) is 0 Å². The summed E-state index contributed by atoms with van der Waals surface area (Å²) in [6, 6.07) is 0. The largest absolute Gasteiger partial charge is 0.464 e. The van der Waals surface area contributed by atoms with Gasteiger partial charge < -0.3 is 29.6 Å². The molecular formula is C19H34N2O8. The van der Waals surface area contributed by atoms with E-state index < -0.39 is 5.97 Å². The average molecular weight is 418 g/mol. The maximum atomic E-state index is 11.6. The van der Waals surface area contributed by atoms with Crippen LogP contribution in [0.1, 0.15) is 46.0 Å². The van der Waals surface area contributed by atoms with Crippen LogP contribution < -0.4 is 10.6 Å². The molecule has 0 fully saturated rings. The zero-order valence-corrected chi connectivity index (χ0v) is 17.5. The summed E-state index contributed by atoms with van der Waals surface area (Å²) in [4.78, 5) is 45.2. The fraction of sp³-hybridized carbons (Fsp3) is 0.789. The molecule has 0 aromatic rings. The van der Waals surface area contributed by atoms with Gasteiger partial charge in [0.2, 0.25) is 11.8 Å². The van der Waals surface area contributed by atoms with Crippen LogP contribution in [0.3, 0.4) is 0 Å². The summed E-state index contributed by atoms with van der Waals surface area (Å²) in [7, 11) is 0. The first-order valence-electron chi connectivity index (χ1n) is 9.99. The normalized spacial score (nSPS) is 10.3. The number of esters is 2. The van der Waals surface area contributed by atoms with Gasteiger partial charge >= 0.3 is 11.9 Å². The van der Waals surface area contributed by atoms with Gasteiger partial charge in [-0.1, -0.05) is 13.8 Å². The van der Waals surface area contributed by atoms with Crippen LogP contribution in [0.4, 0.5) is 0 Å². The highest BCUT2D eigenvalue weighted by molar-refractivity contribution is 5.81. The van der Waals surface area contributed by atoms with Gasteiger partial charge in [0, 0.05) is 25.8 Å². The number of hydrogen-bond donors (Lipinski definition) is 2. The highest BCUT2D eigenvalue weighted by Gasteiger charge is 2.08. The number of nitrogens with one attached hydrogen (secondary N) is 2. The molecule has 0 saturated heterocycles. The molecule has 10 heteroatoms. The van der Waals surface area contributed by atoms with Gasteiger partial charge in [-0.2, -0.15) is 0 Å². The molecule has 10 nitrogen and oxygen atoms in total. The van der Waals surface area contributed by atoms with E-state index in [0.717, 1.165) is 6.42 Å². The fourth-order valence-electron chi connectivity index (χ4n) is 1.95. The molecule has 0 aliphatic carbocycles. The molecule has 0 bridgehead atoms. The Morgan fingerprint density at radius 1 is 0.621 bits per heavy atom. The second-order valence-corrected chi connectivity index (χ2v) is 5.97. The molecule has 0 aliphatic rings. The number of carbonyl (C=O) groups excluding carboxylic acids is 4. The van der Waals surface area contributed by atoms with Crippen LogP contribution in [0.2, 0.25) is 0 Å². The Morgan fingerprint density at radius 2 is 1.17 bits per heavy atom. The van der Waals surface area contributed by atoms with Crippen LogP contribution in [-0.2, 0) is 38.1 Å². The maximum absolute atomic E-state index is 11.6. The van der Waals surface area contributed by atoms with Crippen LogP contribution in [0.15, 0.2) is 0 Å². The van der Waals surface area contributed by atoms with E-state index in [-0.39, 0.29) is 50.4 Å². The molecule has 0 saturated carbocycles. The lowest BCUT2D eigenvalue weighted by Gasteiger charge is -2.08. The molecule has 0 radical (unpaired) electrons. The van der Waals surface area contributed by atoms with E-state index in [2.05, 4.69) is 10.6 Å². The van der Waals surface area contributed by atoms with Crippen molar-refractivity contribution in [1.82, 2.24) is 10.6 Å². The number of ether oxygens (including phenoxy) is 4. The number of hydrogen-bond acceptors (Lipinski definition) is 8. The molecule has 0 atom stereocenters. The molecule has 0 spiro atoms. The van der Waals surface area contributed by atoms with E-state index in [9.17, 15) is 19.2 Å². The zero-order chi connectivity index (χ0) is 21.7. The second-order valence-electron chi connectivity index (χ2n) is 5.97. The van der Waals surface area contributed by atoms with Crippen molar-refractivity contribution < 1.29 is 38.1 Å². The fourth-order valence-corrected chi connectivity index (χ4v) is 1.95. The Labute approximate surface area is 172 Å². The third kappa shape index (κ3) is 18.9. The number of carbonyl (C=O) groups is 4. The van der Waals surface area contributed by atoms with E-state index in [1.807, 2.05) is 6.92 Å². The van der Waals surface area contributed by atoms with Crippen molar-refractivity contribution in [1.29, 1.82) is 0 Å². The van der Waals surface area contributed by atoms with Gasteiger partial charge in [-0.25, -0.2) is 0 Å². The minimum atomic E-state index is -0.483. The smallest absolute Gasteiger partial charge is 0.306 e. The first-order chi connectivity index (χ1) is 14.0. The molecule has 0 rings (SSSR count). The lowest BCUT2D eigenvalue weighted by atomic mass is 10.3. The second kappa shape index (κ2) is 19.1. The third-order valence-corrected chi connectivity index (χ3v) is 3.44. The average Bonchev–Trinajstić information content (AvgIpc) is 2.71. The van der Waals surface area contributed by atoms with Crippen molar-refractivity contribution >= 4 is 23.8 Å². The van der Waals surface area contributed by atoms with Gasteiger partial charge in [0.25, 0.3) is 0 Å². The third-order valence-electron chi connectivity index (χ3n) is 3.44. The van der Waals surface area contributed by atoms with Crippen LogP contribution in [-0.4, -0.2) is 76.5 Å². The van der Waals surface area contributed by atoms with Crippen molar-refractivity contribution in [3.05, 3.63) is 0 Å². The Morgan fingerprint density at radius 3 is 1.83 bits per heavy atom. The standard InChI is InChI=1S/C19H34N2O8/c1-3-5-16(22)21-9-11-28-19(25)7-6-17(23)20-8-10-26-12-13-27-14-15-29-18(24)4-2/h3-15H2,1-2H3,(H,20,23)(H,21,22). The van der Waals surface area contributed by atoms with Crippen LogP contribution in [0.25, 0.3) is 0 Å². The van der Waals surface area contributed by atoms with Gasteiger partial charge in [0.1, 0.15) is 13.2 Å². The zero-order valence-electron chi connectivity index (χ0n) is 17.5. The van der Waals surface area contributed by atoms with Gasteiger partial charge in [-0.15, -0.1) is 0 Å². The quantitative estimate of drug-likeness (QED) is 0.241. The van der Waals surface area contributed by atoms with E-state index in [0.29, 0.717) is 45.8 Å². The van der Waals surface area contributed by atoms with E-state index in [4.69, 9.17) is 18.9 Å². The molecule has 0 heterocycles. The van der Waals surface area contributed by atoms with E-state index in [1.54, 1.807) is 6.92 Å². The molecule has 168 valence electrons. The highest BCUT2D eigenvalue weighted by atomic mass is 16.6. The number of rotatable bonds is 18.